The minimum absolute atomic E-state index is 0.0102. The number of pyridine rings is 1. The molecule has 7 nitrogen and oxygen atoms in total. The Morgan fingerprint density at radius 2 is 2.13 bits per heavy atom. The first-order chi connectivity index (χ1) is 15.1. The van der Waals surface area contributed by atoms with Gasteiger partial charge in [-0.1, -0.05) is 29.8 Å². The molecule has 0 saturated heterocycles. The van der Waals surface area contributed by atoms with Crippen molar-refractivity contribution in [2.75, 3.05) is 35.7 Å². The average Bonchev–Trinajstić information content (AvgIpc) is 3.11. The summed E-state index contributed by atoms with van der Waals surface area (Å²) in [5.74, 6) is 1.46. The van der Waals surface area contributed by atoms with Crippen LogP contribution >= 0.6 is 0 Å². The van der Waals surface area contributed by atoms with E-state index in [9.17, 15) is 4.21 Å². The summed E-state index contributed by atoms with van der Waals surface area (Å²) in [5, 5.41) is 4.60. The summed E-state index contributed by atoms with van der Waals surface area (Å²) in [6.07, 6.45) is 0. The van der Waals surface area contributed by atoms with E-state index in [1.54, 1.807) is 0 Å². The van der Waals surface area contributed by atoms with Crippen LogP contribution in [0.4, 0.5) is 11.5 Å². The Bertz CT molecular complexity index is 1200. The average molecular weight is 436 g/mol. The number of aryl methyl sites for hydroxylation is 1. The summed E-state index contributed by atoms with van der Waals surface area (Å²) in [6, 6.07) is 16.6. The molecule has 2 aliphatic heterocycles. The van der Waals surface area contributed by atoms with Crippen LogP contribution in [0.2, 0.25) is 0 Å². The number of fused-ring (bicyclic) bond motifs is 2. The Labute approximate surface area is 183 Å². The highest BCUT2D eigenvalue weighted by atomic mass is 32.2. The number of ether oxygens (including phenoxy) is 1. The lowest BCUT2D eigenvalue weighted by atomic mass is 10.1. The molecule has 0 bridgehead atoms. The van der Waals surface area contributed by atoms with Gasteiger partial charge in [-0.3, -0.25) is 4.21 Å². The van der Waals surface area contributed by atoms with Gasteiger partial charge in [0.1, 0.15) is 18.5 Å². The molecule has 160 valence electrons. The van der Waals surface area contributed by atoms with Gasteiger partial charge in [-0.15, -0.1) is 0 Å². The highest BCUT2D eigenvalue weighted by Crippen LogP contribution is 2.30. The van der Waals surface area contributed by atoms with Gasteiger partial charge in [0.15, 0.2) is 0 Å². The number of rotatable bonds is 4. The predicted octanol–water partition coefficient (Wildman–Crippen LogP) is 2.80. The molecule has 0 aliphatic carbocycles. The lowest BCUT2D eigenvalue weighted by Crippen LogP contribution is -2.26. The number of nitrogens with one attached hydrogen (secondary N) is 1. The maximum absolute atomic E-state index is 12.7. The smallest absolute Gasteiger partial charge is 0.282 e. The second-order valence-electron chi connectivity index (χ2n) is 7.94. The van der Waals surface area contributed by atoms with Crippen molar-refractivity contribution in [1.29, 1.82) is 0 Å². The van der Waals surface area contributed by atoms with Crippen LogP contribution in [-0.4, -0.2) is 46.7 Å². The van der Waals surface area contributed by atoms with Crippen molar-refractivity contribution >= 4 is 39.2 Å². The molecule has 0 spiro atoms. The van der Waals surface area contributed by atoms with Crippen molar-refractivity contribution in [3.63, 3.8) is 0 Å². The molecule has 2 unspecified atom stereocenters. The molecule has 2 aromatic carbocycles. The van der Waals surface area contributed by atoms with Crippen LogP contribution in [-0.2, 0) is 22.1 Å². The number of aliphatic imine (C=N–C) groups is 1. The molecule has 0 saturated carbocycles. The Balaban J connectivity index is 1.50. The molecule has 2 aliphatic rings. The van der Waals surface area contributed by atoms with Gasteiger partial charge in [-0.05, 0) is 30.7 Å². The van der Waals surface area contributed by atoms with E-state index in [1.807, 2.05) is 18.2 Å². The summed E-state index contributed by atoms with van der Waals surface area (Å²) < 4.78 is 18.0. The maximum atomic E-state index is 12.7. The van der Waals surface area contributed by atoms with Crippen LogP contribution in [0.15, 0.2) is 58.4 Å². The number of aromatic nitrogens is 1. The van der Waals surface area contributed by atoms with Crippen LogP contribution in [0.3, 0.4) is 0 Å². The first kappa shape index (κ1) is 19.8. The number of hydrogen-bond donors (Lipinski definition) is 2. The van der Waals surface area contributed by atoms with Gasteiger partial charge in [0.2, 0.25) is 0 Å². The summed E-state index contributed by atoms with van der Waals surface area (Å²) >= 11 is 0. The topological polar surface area (TPSA) is 92.8 Å². The molecule has 1 aromatic heterocycles. The number of nitrogens with zero attached hydrogens (tertiary/aromatic N) is 3. The zero-order valence-electron chi connectivity index (χ0n) is 17.4. The van der Waals surface area contributed by atoms with Crippen LogP contribution in [0.5, 0.6) is 0 Å². The third-order valence-corrected chi connectivity index (χ3v) is 7.10. The first-order valence-electron chi connectivity index (χ1n) is 10.4. The molecule has 2 atom stereocenters. The van der Waals surface area contributed by atoms with Crippen LogP contribution in [0, 0.1) is 6.92 Å². The van der Waals surface area contributed by atoms with E-state index in [1.165, 1.54) is 5.56 Å². The third-order valence-electron chi connectivity index (χ3n) is 5.66. The van der Waals surface area contributed by atoms with Crippen molar-refractivity contribution in [2.24, 2.45) is 10.7 Å². The molecule has 3 heterocycles. The highest BCUT2D eigenvalue weighted by molar-refractivity contribution is 7.85. The second-order valence-corrected chi connectivity index (χ2v) is 9.48. The summed E-state index contributed by atoms with van der Waals surface area (Å²) in [6.45, 7) is 4.56. The Hall–Kier alpha value is -3.13. The molecule has 0 fully saturated rings. The Morgan fingerprint density at radius 1 is 1.26 bits per heavy atom. The van der Waals surface area contributed by atoms with E-state index >= 15 is 0 Å². The minimum atomic E-state index is -0.997. The molecule has 3 N–H and O–H groups in total. The zero-order chi connectivity index (χ0) is 21.4. The highest BCUT2D eigenvalue weighted by Gasteiger charge is 2.22. The van der Waals surface area contributed by atoms with Crippen molar-refractivity contribution < 1.29 is 8.95 Å². The van der Waals surface area contributed by atoms with E-state index in [0.717, 1.165) is 32.9 Å². The molecular weight excluding hydrogens is 410 g/mol. The van der Waals surface area contributed by atoms with E-state index in [4.69, 9.17) is 15.5 Å². The molecule has 0 amide bonds. The van der Waals surface area contributed by atoms with E-state index in [-0.39, 0.29) is 12.1 Å². The van der Waals surface area contributed by atoms with Crippen molar-refractivity contribution in [3.05, 3.63) is 59.7 Å². The fourth-order valence-electron chi connectivity index (χ4n) is 4.04. The normalized spacial score (nSPS) is 20.7. The predicted molar refractivity (Wildman–Crippen MR) is 125 cm³/mol. The van der Waals surface area contributed by atoms with Gasteiger partial charge in [0.05, 0.1) is 16.3 Å². The Morgan fingerprint density at radius 3 is 2.97 bits per heavy atom. The SMILES string of the molecule is Cc1ccc2nc(N3CCS(=O)c4ccccc4C3)cc(NCC3COC(N)=N3)c2c1. The van der Waals surface area contributed by atoms with E-state index in [0.29, 0.717) is 32.0 Å². The minimum Gasteiger partial charge on any atom is -0.463 e. The van der Waals surface area contributed by atoms with Crippen molar-refractivity contribution in [1.82, 2.24) is 4.98 Å². The Kier molecular flexibility index (Phi) is 5.23. The van der Waals surface area contributed by atoms with Gasteiger partial charge < -0.3 is 20.7 Å². The standard InChI is InChI=1S/C23H25N5O2S/c1-15-6-7-19-18(10-15)20(25-12-17-14-30-23(24)26-17)11-22(27-19)28-8-9-31(29)21-5-3-2-4-16(21)13-28/h2-7,10-11,17H,8-9,12-14H2,1H3,(H2,24,26)(H,25,27). The number of nitrogens with two attached hydrogens (primary N) is 1. The lowest BCUT2D eigenvalue weighted by molar-refractivity contribution is 0.316. The molecular formula is C23H25N5O2S. The van der Waals surface area contributed by atoms with Crippen molar-refractivity contribution in [3.8, 4) is 0 Å². The summed E-state index contributed by atoms with van der Waals surface area (Å²) in [4.78, 5) is 12.4. The first-order valence-corrected chi connectivity index (χ1v) is 11.7. The molecule has 31 heavy (non-hydrogen) atoms. The second kappa shape index (κ2) is 8.19. The third kappa shape index (κ3) is 4.07. The maximum Gasteiger partial charge on any atom is 0.282 e. The monoisotopic (exact) mass is 435 g/mol. The van der Waals surface area contributed by atoms with Crippen molar-refractivity contribution in [2.45, 2.75) is 24.4 Å². The lowest BCUT2D eigenvalue weighted by Gasteiger charge is -2.23. The number of anilines is 2. The van der Waals surface area contributed by atoms with Gasteiger partial charge in [0, 0.05) is 47.4 Å². The van der Waals surface area contributed by atoms with Gasteiger partial charge >= 0.3 is 0 Å². The van der Waals surface area contributed by atoms with Gasteiger partial charge in [0.25, 0.3) is 6.02 Å². The van der Waals surface area contributed by atoms with Crippen LogP contribution in [0.1, 0.15) is 11.1 Å². The van der Waals surface area contributed by atoms with Gasteiger partial charge in [-0.25, -0.2) is 9.98 Å². The van der Waals surface area contributed by atoms with Crippen LogP contribution < -0.4 is 16.0 Å². The van der Waals surface area contributed by atoms with E-state index < -0.39 is 10.8 Å². The molecule has 5 rings (SSSR count). The molecule has 0 radical (unpaired) electrons. The number of amidine groups is 1. The number of hydrogen-bond acceptors (Lipinski definition) is 7. The number of benzene rings is 2. The van der Waals surface area contributed by atoms with E-state index in [2.05, 4.69) is 52.5 Å². The molecule has 8 heteroatoms. The van der Waals surface area contributed by atoms with Crippen LogP contribution in [0.25, 0.3) is 10.9 Å². The summed E-state index contributed by atoms with van der Waals surface area (Å²) in [5.41, 5.74) is 9.84. The summed E-state index contributed by atoms with van der Waals surface area (Å²) in [7, 11) is -0.997. The zero-order valence-corrected chi connectivity index (χ0v) is 18.2. The fraction of sp³-hybridized carbons (Fsp3) is 0.304. The quantitative estimate of drug-likeness (QED) is 0.655. The fourth-order valence-corrected chi connectivity index (χ4v) is 5.30. The molecule has 3 aromatic rings. The van der Waals surface area contributed by atoms with Gasteiger partial charge in [-0.2, -0.15) is 0 Å². The largest absolute Gasteiger partial charge is 0.463 e.